The largest absolute Gasteiger partial charge is 0.506 e. The van der Waals surface area contributed by atoms with Crippen LogP contribution in [0, 0.1) is 5.82 Å². The Bertz CT molecular complexity index is 1320. The second-order valence-electron chi connectivity index (χ2n) is 6.95. The van der Waals surface area contributed by atoms with Gasteiger partial charge in [0, 0.05) is 18.5 Å². The summed E-state index contributed by atoms with van der Waals surface area (Å²) in [5.74, 6) is -2.48. The lowest BCUT2D eigenvalue weighted by Gasteiger charge is -2.19. The molecule has 12 heteroatoms. The third kappa shape index (κ3) is 3.30. The van der Waals surface area contributed by atoms with Crippen molar-refractivity contribution in [1.82, 2.24) is 9.03 Å². The van der Waals surface area contributed by atoms with Gasteiger partial charge in [-0.05, 0) is 35.6 Å². The van der Waals surface area contributed by atoms with Crippen molar-refractivity contribution >= 4 is 48.2 Å². The summed E-state index contributed by atoms with van der Waals surface area (Å²) in [6.07, 6.45) is 1.74. The van der Waals surface area contributed by atoms with Crippen LogP contribution < -0.4 is 9.03 Å². The number of nitrogens with one attached hydrogen (secondary N) is 1. The van der Waals surface area contributed by atoms with Gasteiger partial charge in [-0.1, -0.05) is 18.2 Å². The fraction of sp³-hybridized carbons (Fsp3) is 0.278. The Balaban J connectivity index is 1.78. The molecule has 0 saturated carbocycles. The molecular weight excluding hydrogens is 437 g/mol. The number of sulfonamides is 1. The number of hydrogen-bond acceptors (Lipinski definition) is 6. The smallest absolute Gasteiger partial charge is 0.326 e. The van der Waals surface area contributed by atoms with E-state index in [0.29, 0.717) is 20.8 Å². The van der Waals surface area contributed by atoms with Crippen LogP contribution in [0.15, 0.2) is 30.3 Å². The van der Waals surface area contributed by atoms with E-state index in [1.165, 1.54) is 16.4 Å². The second kappa shape index (κ2) is 6.93. The maximum atomic E-state index is 15.3. The first-order valence-electron chi connectivity index (χ1n) is 8.99. The normalized spacial score (nSPS) is 19.3. The molecule has 0 radical (unpaired) electrons. The van der Waals surface area contributed by atoms with Crippen LogP contribution in [0.1, 0.15) is 12.5 Å². The van der Waals surface area contributed by atoms with Gasteiger partial charge in [0.05, 0.1) is 5.75 Å². The minimum atomic E-state index is -4.31. The molecule has 2 heterocycles. The van der Waals surface area contributed by atoms with Gasteiger partial charge in [0.25, 0.3) is 5.91 Å². The summed E-state index contributed by atoms with van der Waals surface area (Å²) in [7, 11) is -7.68. The number of fused-ring (bicyclic) bond motifs is 1. The predicted molar refractivity (Wildman–Crippen MR) is 109 cm³/mol. The van der Waals surface area contributed by atoms with E-state index in [1.807, 2.05) is 0 Å². The molecule has 2 aliphatic rings. The Morgan fingerprint density at radius 3 is 2.60 bits per heavy atom. The van der Waals surface area contributed by atoms with Gasteiger partial charge in [0.15, 0.2) is 5.82 Å². The number of phenols is 1. The van der Waals surface area contributed by atoms with Crippen LogP contribution in [0.4, 0.5) is 10.1 Å². The third-order valence-electron chi connectivity index (χ3n) is 5.12. The maximum Gasteiger partial charge on any atom is 0.326 e. The van der Waals surface area contributed by atoms with E-state index in [2.05, 4.69) is 0 Å². The van der Waals surface area contributed by atoms with Crippen molar-refractivity contribution in [2.24, 2.45) is 0 Å². The number of nitrogens with zero attached hydrogens (tertiary/aromatic N) is 2. The lowest BCUT2D eigenvalue weighted by molar-refractivity contribution is -0.117. The SMILES string of the molecule is CCS(=O)(=O)N1CC=C(c2ccc3cc(O)c(N4CC(=O)NS4(=O)=O)c(F)c3c2)C1. The van der Waals surface area contributed by atoms with Crippen molar-refractivity contribution in [3.63, 3.8) is 0 Å². The van der Waals surface area contributed by atoms with E-state index in [1.54, 1.807) is 29.9 Å². The number of carbonyl (C=O) groups excluding carboxylic acids is 1. The zero-order valence-electron chi connectivity index (χ0n) is 15.8. The molecule has 0 spiro atoms. The van der Waals surface area contributed by atoms with E-state index in [-0.39, 0.29) is 24.2 Å². The number of benzene rings is 2. The van der Waals surface area contributed by atoms with E-state index in [4.69, 9.17) is 0 Å². The quantitative estimate of drug-likeness (QED) is 0.706. The number of anilines is 1. The summed E-state index contributed by atoms with van der Waals surface area (Å²) < 4.78 is 67.2. The summed E-state index contributed by atoms with van der Waals surface area (Å²) in [6, 6.07) is 5.91. The molecule has 2 aliphatic heterocycles. The zero-order valence-corrected chi connectivity index (χ0v) is 17.4. The average Bonchev–Trinajstić information content (AvgIpc) is 3.26. The summed E-state index contributed by atoms with van der Waals surface area (Å²) >= 11 is 0. The molecule has 9 nitrogen and oxygen atoms in total. The number of phenolic OH excluding ortho intramolecular Hbond substituents is 1. The van der Waals surface area contributed by atoms with Crippen molar-refractivity contribution in [2.45, 2.75) is 6.92 Å². The van der Waals surface area contributed by atoms with E-state index >= 15 is 4.39 Å². The van der Waals surface area contributed by atoms with Crippen molar-refractivity contribution in [2.75, 3.05) is 29.7 Å². The number of hydrogen-bond donors (Lipinski definition) is 2. The average molecular weight is 455 g/mol. The number of amides is 1. The van der Waals surface area contributed by atoms with Crippen LogP contribution >= 0.6 is 0 Å². The number of carbonyl (C=O) groups is 1. The maximum absolute atomic E-state index is 15.3. The summed E-state index contributed by atoms with van der Waals surface area (Å²) in [5.41, 5.74) is 0.646. The van der Waals surface area contributed by atoms with Gasteiger partial charge in [-0.2, -0.15) is 12.7 Å². The Hall–Kier alpha value is -2.70. The van der Waals surface area contributed by atoms with Crippen molar-refractivity contribution in [1.29, 1.82) is 0 Å². The molecule has 1 amide bonds. The predicted octanol–water partition coefficient (Wildman–Crippen LogP) is 0.914. The molecule has 0 bridgehead atoms. The van der Waals surface area contributed by atoms with Gasteiger partial charge in [0.1, 0.15) is 18.0 Å². The standard InChI is InChI=1S/C18H18FN3O6S2/c1-2-29(25,26)21-6-5-13(9-21)11-3-4-12-8-15(23)18(17(19)14(12)7-11)22-10-16(24)20-30(22,27)28/h3-5,7-8,23H,2,6,9-10H2,1H3,(H,20,24). The first kappa shape index (κ1) is 20.6. The molecule has 2 aromatic rings. The van der Waals surface area contributed by atoms with Gasteiger partial charge in [-0.3, -0.25) is 4.79 Å². The van der Waals surface area contributed by atoms with Gasteiger partial charge in [-0.25, -0.2) is 21.8 Å². The van der Waals surface area contributed by atoms with Crippen LogP contribution in [-0.2, 0) is 25.0 Å². The molecule has 1 saturated heterocycles. The molecule has 4 rings (SSSR count). The first-order chi connectivity index (χ1) is 14.0. The highest BCUT2D eigenvalue weighted by molar-refractivity contribution is 7.92. The van der Waals surface area contributed by atoms with Crippen molar-refractivity contribution < 1.29 is 31.1 Å². The van der Waals surface area contributed by atoms with E-state index in [9.17, 15) is 26.7 Å². The Morgan fingerprint density at radius 1 is 1.23 bits per heavy atom. The second-order valence-corrected chi connectivity index (χ2v) is 10.8. The monoisotopic (exact) mass is 455 g/mol. The Labute approximate surface area is 172 Å². The minimum absolute atomic E-state index is 0.0276. The number of aromatic hydroxyl groups is 1. The van der Waals surface area contributed by atoms with Crippen LogP contribution in [0.2, 0.25) is 0 Å². The van der Waals surface area contributed by atoms with Crippen LogP contribution in [-0.4, -0.2) is 57.5 Å². The summed E-state index contributed by atoms with van der Waals surface area (Å²) in [4.78, 5) is 11.5. The highest BCUT2D eigenvalue weighted by atomic mass is 32.2. The molecule has 0 atom stereocenters. The third-order valence-corrected chi connectivity index (χ3v) is 8.29. The fourth-order valence-electron chi connectivity index (χ4n) is 3.55. The lowest BCUT2D eigenvalue weighted by atomic mass is 10.0. The van der Waals surface area contributed by atoms with Crippen molar-refractivity contribution in [3.8, 4) is 5.75 Å². The van der Waals surface area contributed by atoms with Gasteiger partial charge in [-0.15, -0.1) is 0 Å². The highest BCUT2D eigenvalue weighted by Crippen LogP contribution is 2.39. The molecule has 2 N–H and O–H groups in total. The van der Waals surface area contributed by atoms with Crippen molar-refractivity contribution in [3.05, 3.63) is 41.7 Å². The zero-order chi connectivity index (χ0) is 21.8. The number of rotatable bonds is 4. The molecular formula is C18H18FN3O6S2. The topological polar surface area (TPSA) is 124 Å². The lowest BCUT2D eigenvalue weighted by Crippen LogP contribution is -2.30. The van der Waals surface area contributed by atoms with Gasteiger partial charge >= 0.3 is 10.2 Å². The first-order valence-corrected chi connectivity index (χ1v) is 12.0. The molecule has 2 aromatic carbocycles. The van der Waals surface area contributed by atoms with Crippen LogP contribution in [0.3, 0.4) is 0 Å². The molecule has 0 aromatic heterocycles. The van der Waals surface area contributed by atoms with Gasteiger partial charge < -0.3 is 5.11 Å². The molecule has 0 aliphatic carbocycles. The molecule has 30 heavy (non-hydrogen) atoms. The molecule has 1 fully saturated rings. The highest BCUT2D eigenvalue weighted by Gasteiger charge is 2.38. The van der Waals surface area contributed by atoms with Gasteiger partial charge in [0.2, 0.25) is 10.0 Å². The minimum Gasteiger partial charge on any atom is -0.506 e. The van der Waals surface area contributed by atoms with Crippen LogP contribution in [0.5, 0.6) is 5.75 Å². The van der Waals surface area contributed by atoms with E-state index in [0.717, 1.165) is 0 Å². The Kier molecular flexibility index (Phi) is 4.75. The Morgan fingerprint density at radius 2 is 1.97 bits per heavy atom. The fourth-order valence-corrected chi connectivity index (χ4v) is 5.71. The van der Waals surface area contributed by atoms with Crippen LogP contribution in [0.25, 0.3) is 16.3 Å². The molecule has 160 valence electrons. The van der Waals surface area contributed by atoms with E-state index < -0.39 is 49.9 Å². The number of halogens is 1. The molecule has 0 unspecified atom stereocenters. The summed E-state index contributed by atoms with van der Waals surface area (Å²) in [5, 5.41) is 10.6. The summed E-state index contributed by atoms with van der Waals surface area (Å²) in [6.45, 7) is 1.27.